The monoisotopic (exact) mass is 343 g/mol. The lowest BCUT2D eigenvalue weighted by Crippen LogP contribution is -2.15. The Morgan fingerprint density at radius 2 is 1.76 bits per heavy atom. The van der Waals surface area contributed by atoms with E-state index in [0.29, 0.717) is 27.4 Å². The van der Waals surface area contributed by atoms with Gasteiger partial charge in [0.1, 0.15) is 5.75 Å². The average Bonchev–Trinajstić information content (AvgIpc) is 2.48. The Labute approximate surface area is 139 Å². The smallest absolute Gasteiger partial charge is 0.137 e. The Hall–Kier alpha value is -0.930. The second-order valence-corrected chi connectivity index (χ2v) is 6.00. The fourth-order valence-corrected chi connectivity index (χ4v) is 2.81. The molecule has 0 amide bonds. The molecule has 0 bridgehead atoms. The molecule has 0 saturated heterocycles. The van der Waals surface area contributed by atoms with Gasteiger partial charge in [0.05, 0.1) is 22.2 Å². The van der Waals surface area contributed by atoms with E-state index in [1.807, 2.05) is 30.3 Å². The topological polar surface area (TPSA) is 35.2 Å². The lowest BCUT2D eigenvalue weighted by molar-refractivity contribution is 0.414. The Bertz CT molecular complexity index is 631. The van der Waals surface area contributed by atoms with Crippen LogP contribution in [-0.4, -0.2) is 13.7 Å². The van der Waals surface area contributed by atoms with Crippen molar-refractivity contribution in [2.45, 2.75) is 12.3 Å². The second kappa shape index (κ2) is 7.37. The Kier molecular flexibility index (Phi) is 5.77. The average molecular weight is 345 g/mol. The van der Waals surface area contributed by atoms with E-state index in [2.05, 4.69) is 0 Å². The maximum atomic E-state index is 6.18. The van der Waals surface area contributed by atoms with Crippen molar-refractivity contribution < 1.29 is 4.74 Å². The molecule has 0 aliphatic heterocycles. The fraction of sp³-hybridized carbons (Fsp3) is 0.250. The molecule has 2 nitrogen and oxygen atoms in total. The predicted octanol–water partition coefficient (Wildman–Crippen LogP) is 4.94. The summed E-state index contributed by atoms with van der Waals surface area (Å²) in [4.78, 5) is 0. The number of benzene rings is 2. The number of methoxy groups -OCH3 is 1. The zero-order valence-electron chi connectivity index (χ0n) is 11.6. The maximum absolute atomic E-state index is 6.18. The molecule has 5 heteroatoms. The molecule has 2 rings (SSSR count). The van der Waals surface area contributed by atoms with Crippen molar-refractivity contribution in [3.63, 3.8) is 0 Å². The van der Waals surface area contributed by atoms with Crippen LogP contribution >= 0.6 is 34.8 Å². The standard InChI is InChI=1S/C16H16Cl3NO/c1-21-16-5-3-11(8-15(16)19)12(9-20)6-10-2-4-13(17)14(18)7-10/h2-5,7-8,12H,6,9,20H2,1H3. The first kappa shape index (κ1) is 16.4. The second-order valence-electron chi connectivity index (χ2n) is 4.78. The predicted molar refractivity (Wildman–Crippen MR) is 90.0 cm³/mol. The molecule has 112 valence electrons. The summed E-state index contributed by atoms with van der Waals surface area (Å²) in [6, 6.07) is 11.4. The van der Waals surface area contributed by atoms with Gasteiger partial charge in [0.25, 0.3) is 0 Å². The molecule has 2 aromatic rings. The molecule has 2 N–H and O–H groups in total. The summed E-state index contributed by atoms with van der Waals surface area (Å²) in [6.07, 6.45) is 0.774. The summed E-state index contributed by atoms with van der Waals surface area (Å²) in [6.45, 7) is 0.517. The van der Waals surface area contributed by atoms with Crippen molar-refractivity contribution in [3.05, 3.63) is 62.6 Å². The molecular formula is C16H16Cl3NO. The van der Waals surface area contributed by atoms with E-state index in [9.17, 15) is 0 Å². The van der Waals surface area contributed by atoms with E-state index in [0.717, 1.165) is 17.5 Å². The van der Waals surface area contributed by atoms with Gasteiger partial charge in [-0.15, -0.1) is 0 Å². The third-order valence-corrected chi connectivity index (χ3v) is 4.43. The first-order valence-electron chi connectivity index (χ1n) is 6.52. The molecule has 0 aromatic heterocycles. The third kappa shape index (κ3) is 4.04. The van der Waals surface area contributed by atoms with Crippen molar-refractivity contribution in [2.24, 2.45) is 5.73 Å². The number of rotatable bonds is 5. The van der Waals surface area contributed by atoms with Crippen molar-refractivity contribution in [1.29, 1.82) is 0 Å². The fourth-order valence-electron chi connectivity index (χ4n) is 2.22. The van der Waals surface area contributed by atoms with E-state index in [4.69, 9.17) is 45.3 Å². The van der Waals surface area contributed by atoms with Crippen molar-refractivity contribution in [2.75, 3.05) is 13.7 Å². The Balaban J connectivity index is 2.23. The van der Waals surface area contributed by atoms with Gasteiger partial charge in [-0.25, -0.2) is 0 Å². The first-order valence-corrected chi connectivity index (χ1v) is 7.66. The van der Waals surface area contributed by atoms with Gasteiger partial charge in [0.2, 0.25) is 0 Å². The normalized spacial score (nSPS) is 12.2. The summed E-state index contributed by atoms with van der Waals surface area (Å²) in [7, 11) is 1.59. The van der Waals surface area contributed by atoms with Crippen LogP contribution in [0.4, 0.5) is 0 Å². The van der Waals surface area contributed by atoms with Gasteiger partial charge in [-0.1, -0.05) is 46.9 Å². The number of nitrogens with two attached hydrogens (primary N) is 1. The van der Waals surface area contributed by atoms with Crippen LogP contribution in [0.3, 0.4) is 0 Å². The van der Waals surface area contributed by atoms with Crippen LogP contribution in [0.5, 0.6) is 5.75 Å². The van der Waals surface area contributed by atoms with Gasteiger partial charge in [-0.05, 0) is 48.4 Å². The highest BCUT2D eigenvalue weighted by atomic mass is 35.5. The van der Waals surface area contributed by atoms with E-state index in [1.54, 1.807) is 13.2 Å². The molecule has 1 unspecified atom stereocenters. The van der Waals surface area contributed by atoms with Crippen molar-refractivity contribution in [3.8, 4) is 5.75 Å². The van der Waals surface area contributed by atoms with Gasteiger partial charge in [0.15, 0.2) is 0 Å². The molecule has 0 heterocycles. The summed E-state index contributed by atoms with van der Waals surface area (Å²) in [5.74, 6) is 0.816. The van der Waals surface area contributed by atoms with Crippen LogP contribution in [0.2, 0.25) is 15.1 Å². The molecule has 0 saturated carbocycles. The minimum absolute atomic E-state index is 0.158. The summed E-state index contributed by atoms with van der Waals surface area (Å²) < 4.78 is 5.17. The van der Waals surface area contributed by atoms with Crippen LogP contribution in [-0.2, 0) is 6.42 Å². The van der Waals surface area contributed by atoms with E-state index in [1.165, 1.54) is 0 Å². The van der Waals surface area contributed by atoms with Crippen molar-refractivity contribution in [1.82, 2.24) is 0 Å². The number of hydrogen-bond donors (Lipinski definition) is 1. The highest BCUT2D eigenvalue weighted by Crippen LogP contribution is 2.30. The molecule has 0 radical (unpaired) electrons. The minimum atomic E-state index is 0.158. The number of hydrogen-bond acceptors (Lipinski definition) is 2. The highest BCUT2D eigenvalue weighted by molar-refractivity contribution is 6.42. The lowest BCUT2D eigenvalue weighted by atomic mass is 9.92. The third-order valence-electron chi connectivity index (χ3n) is 3.40. The van der Waals surface area contributed by atoms with E-state index >= 15 is 0 Å². The molecular weight excluding hydrogens is 329 g/mol. The van der Waals surface area contributed by atoms with Gasteiger partial charge in [-0.3, -0.25) is 0 Å². The van der Waals surface area contributed by atoms with E-state index in [-0.39, 0.29) is 5.92 Å². The van der Waals surface area contributed by atoms with Crippen LogP contribution < -0.4 is 10.5 Å². The Morgan fingerprint density at radius 3 is 2.33 bits per heavy atom. The lowest BCUT2D eigenvalue weighted by Gasteiger charge is -2.17. The van der Waals surface area contributed by atoms with Crippen LogP contribution in [0.15, 0.2) is 36.4 Å². The number of halogens is 3. The molecule has 0 aliphatic rings. The summed E-state index contributed by atoms with van der Waals surface area (Å²) >= 11 is 18.2. The van der Waals surface area contributed by atoms with Crippen LogP contribution in [0.25, 0.3) is 0 Å². The molecule has 0 aliphatic carbocycles. The van der Waals surface area contributed by atoms with Gasteiger partial charge in [-0.2, -0.15) is 0 Å². The van der Waals surface area contributed by atoms with Crippen molar-refractivity contribution >= 4 is 34.8 Å². The van der Waals surface area contributed by atoms with E-state index < -0.39 is 0 Å². The van der Waals surface area contributed by atoms with Gasteiger partial charge in [0, 0.05) is 5.92 Å². The maximum Gasteiger partial charge on any atom is 0.137 e. The quantitative estimate of drug-likeness (QED) is 0.833. The molecule has 0 fully saturated rings. The zero-order valence-corrected chi connectivity index (χ0v) is 13.8. The Morgan fingerprint density at radius 1 is 1.00 bits per heavy atom. The summed E-state index contributed by atoms with van der Waals surface area (Å²) in [5.41, 5.74) is 8.08. The molecule has 2 aromatic carbocycles. The SMILES string of the molecule is COc1ccc(C(CN)Cc2ccc(Cl)c(Cl)c2)cc1Cl. The molecule has 21 heavy (non-hydrogen) atoms. The largest absolute Gasteiger partial charge is 0.495 e. The molecule has 0 spiro atoms. The van der Waals surface area contributed by atoms with Gasteiger partial charge >= 0.3 is 0 Å². The highest BCUT2D eigenvalue weighted by Gasteiger charge is 2.13. The molecule has 1 atom stereocenters. The summed E-state index contributed by atoms with van der Waals surface area (Å²) in [5, 5.41) is 1.69. The van der Waals surface area contributed by atoms with Crippen LogP contribution in [0.1, 0.15) is 17.0 Å². The number of ether oxygens (including phenoxy) is 1. The minimum Gasteiger partial charge on any atom is -0.495 e. The first-order chi connectivity index (χ1) is 10.0. The zero-order chi connectivity index (χ0) is 15.4. The van der Waals surface area contributed by atoms with Crippen LogP contribution in [0, 0.1) is 0 Å². The van der Waals surface area contributed by atoms with Gasteiger partial charge < -0.3 is 10.5 Å².